The van der Waals surface area contributed by atoms with Crippen LogP contribution in [0.2, 0.25) is 0 Å². The van der Waals surface area contributed by atoms with E-state index in [0.29, 0.717) is 4.60 Å². The standard InChI is InChI=1S/C11H11BrN2O2/c1-16-10-4-2-9(3-5-10)14-6-8(7-15)11(12)13-14/h2-6,15H,7H2,1H3. The lowest BCUT2D eigenvalue weighted by Gasteiger charge is -2.02. The molecular weight excluding hydrogens is 272 g/mol. The highest BCUT2D eigenvalue weighted by molar-refractivity contribution is 9.10. The molecule has 1 N–H and O–H groups in total. The SMILES string of the molecule is COc1ccc(-n2cc(CO)c(Br)n2)cc1. The van der Waals surface area contributed by atoms with Crippen molar-refractivity contribution in [2.45, 2.75) is 6.61 Å². The van der Waals surface area contributed by atoms with Crippen LogP contribution in [0.25, 0.3) is 5.69 Å². The molecule has 0 radical (unpaired) electrons. The van der Waals surface area contributed by atoms with Gasteiger partial charge in [0.25, 0.3) is 0 Å². The number of aliphatic hydroxyl groups is 1. The number of aliphatic hydroxyl groups excluding tert-OH is 1. The number of ether oxygens (including phenoxy) is 1. The van der Waals surface area contributed by atoms with Gasteiger partial charge >= 0.3 is 0 Å². The number of aromatic nitrogens is 2. The maximum absolute atomic E-state index is 9.06. The number of hydrogen-bond donors (Lipinski definition) is 1. The molecule has 1 aromatic carbocycles. The van der Waals surface area contributed by atoms with Gasteiger partial charge in [-0.15, -0.1) is 0 Å². The minimum absolute atomic E-state index is 0.0310. The predicted octanol–water partition coefficient (Wildman–Crippen LogP) is 2.14. The molecule has 0 fully saturated rings. The Bertz CT molecular complexity index is 479. The van der Waals surface area contributed by atoms with E-state index in [4.69, 9.17) is 9.84 Å². The van der Waals surface area contributed by atoms with Crippen molar-refractivity contribution in [1.82, 2.24) is 9.78 Å². The third kappa shape index (κ3) is 2.10. The first-order valence-electron chi connectivity index (χ1n) is 4.74. The van der Waals surface area contributed by atoms with Gasteiger partial charge in [-0.25, -0.2) is 4.68 Å². The first-order chi connectivity index (χ1) is 7.74. The maximum Gasteiger partial charge on any atom is 0.134 e. The second-order valence-corrected chi connectivity index (χ2v) is 4.00. The van der Waals surface area contributed by atoms with Crippen LogP contribution in [0.1, 0.15) is 5.56 Å². The quantitative estimate of drug-likeness (QED) is 0.938. The molecule has 0 saturated heterocycles. The molecule has 2 rings (SSSR count). The minimum atomic E-state index is -0.0310. The fourth-order valence-corrected chi connectivity index (χ4v) is 1.76. The fraction of sp³-hybridized carbons (Fsp3) is 0.182. The summed E-state index contributed by atoms with van der Waals surface area (Å²) < 4.78 is 7.44. The summed E-state index contributed by atoms with van der Waals surface area (Å²) in [5.41, 5.74) is 1.68. The van der Waals surface area contributed by atoms with E-state index in [1.807, 2.05) is 24.3 Å². The van der Waals surface area contributed by atoms with Gasteiger partial charge in [0.2, 0.25) is 0 Å². The summed E-state index contributed by atoms with van der Waals surface area (Å²) in [6, 6.07) is 7.53. The zero-order valence-electron chi connectivity index (χ0n) is 8.72. The van der Waals surface area contributed by atoms with E-state index in [9.17, 15) is 0 Å². The summed E-state index contributed by atoms with van der Waals surface area (Å²) in [6.07, 6.45) is 1.78. The Hall–Kier alpha value is -1.33. The lowest BCUT2D eigenvalue weighted by atomic mass is 10.3. The van der Waals surface area contributed by atoms with Crippen LogP contribution in [0.5, 0.6) is 5.75 Å². The summed E-state index contributed by atoms with van der Waals surface area (Å²) in [6.45, 7) is -0.0310. The Labute approximate surface area is 102 Å². The van der Waals surface area contributed by atoms with Gasteiger partial charge in [0.05, 0.1) is 19.4 Å². The highest BCUT2D eigenvalue weighted by atomic mass is 79.9. The highest BCUT2D eigenvalue weighted by Gasteiger charge is 2.06. The van der Waals surface area contributed by atoms with Crippen LogP contribution in [0.4, 0.5) is 0 Å². The van der Waals surface area contributed by atoms with Crippen LogP contribution >= 0.6 is 15.9 Å². The maximum atomic E-state index is 9.06. The Kier molecular flexibility index (Phi) is 3.26. The fourth-order valence-electron chi connectivity index (χ4n) is 1.36. The topological polar surface area (TPSA) is 47.3 Å². The molecule has 1 aromatic heterocycles. The van der Waals surface area contributed by atoms with Gasteiger partial charge < -0.3 is 9.84 Å². The van der Waals surface area contributed by atoms with Gasteiger partial charge in [0, 0.05) is 11.8 Å². The van der Waals surface area contributed by atoms with Gasteiger partial charge in [-0.1, -0.05) is 0 Å². The molecule has 0 unspecified atom stereocenters. The molecular formula is C11H11BrN2O2. The van der Waals surface area contributed by atoms with Crippen molar-refractivity contribution < 1.29 is 9.84 Å². The second-order valence-electron chi connectivity index (χ2n) is 3.25. The van der Waals surface area contributed by atoms with Crippen molar-refractivity contribution in [2.24, 2.45) is 0 Å². The van der Waals surface area contributed by atoms with Crippen molar-refractivity contribution in [3.05, 3.63) is 40.6 Å². The third-order valence-electron chi connectivity index (χ3n) is 2.25. The summed E-state index contributed by atoms with van der Waals surface area (Å²) in [5, 5.41) is 13.3. The van der Waals surface area contributed by atoms with Gasteiger partial charge in [0.15, 0.2) is 0 Å². The molecule has 0 spiro atoms. The number of halogens is 1. The summed E-state index contributed by atoms with van der Waals surface area (Å²) >= 11 is 3.29. The molecule has 0 bridgehead atoms. The van der Waals surface area contributed by atoms with E-state index in [1.54, 1.807) is 18.0 Å². The number of hydrogen-bond acceptors (Lipinski definition) is 3. The Balaban J connectivity index is 2.34. The van der Waals surface area contributed by atoms with Crippen molar-refractivity contribution >= 4 is 15.9 Å². The average molecular weight is 283 g/mol. The molecule has 0 aliphatic carbocycles. The van der Waals surface area contributed by atoms with E-state index in [-0.39, 0.29) is 6.61 Å². The van der Waals surface area contributed by atoms with Gasteiger partial charge in [0.1, 0.15) is 10.4 Å². The smallest absolute Gasteiger partial charge is 0.134 e. The molecule has 1 heterocycles. The molecule has 2 aromatic rings. The minimum Gasteiger partial charge on any atom is -0.497 e. The van der Waals surface area contributed by atoms with Crippen LogP contribution in [-0.2, 0) is 6.61 Å². The molecule has 5 heteroatoms. The molecule has 0 aliphatic rings. The van der Waals surface area contributed by atoms with Crippen molar-refractivity contribution in [2.75, 3.05) is 7.11 Å². The first-order valence-corrected chi connectivity index (χ1v) is 5.53. The van der Waals surface area contributed by atoms with Gasteiger partial charge in [-0.3, -0.25) is 0 Å². The monoisotopic (exact) mass is 282 g/mol. The van der Waals surface area contributed by atoms with E-state index < -0.39 is 0 Å². The van der Waals surface area contributed by atoms with E-state index in [0.717, 1.165) is 17.0 Å². The first kappa shape index (κ1) is 11.2. The number of rotatable bonds is 3. The Morgan fingerprint density at radius 1 is 1.38 bits per heavy atom. The van der Waals surface area contributed by atoms with Crippen LogP contribution in [0.15, 0.2) is 35.1 Å². The lowest BCUT2D eigenvalue weighted by Crippen LogP contribution is -1.94. The Morgan fingerprint density at radius 2 is 2.06 bits per heavy atom. The summed E-state index contributed by atoms with van der Waals surface area (Å²) in [7, 11) is 1.63. The summed E-state index contributed by atoms with van der Waals surface area (Å²) in [4.78, 5) is 0. The molecule has 0 atom stereocenters. The van der Waals surface area contributed by atoms with Crippen molar-refractivity contribution in [1.29, 1.82) is 0 Å². The summed E-state index contributed by atoms with van der Waals surface area (Å²) in [5.74, 6) is 0.803. The molecule has 4 nitrogen and oxygen atoms in total. The van der Waals surface area contributed by atoms with Crippen LogP contribution in [0, 0.1) is 0 Å². The zero-order chi connectivity index (χ0) is 11.5. The van der Waals surface area contributed by atoms with E-state index >= 15 is 0 Å². The van der Waals surface area contributed by atoms with E-state index in [1.165, 1.54) is 0 Å². The molecule has 0 amide bonds. The Morgan fingerprint density at radius 3 is 2.56 bits per heavy atom. The lowest BCUT2D eigenvalue weighted by molar-refractivity contribution is 0.281. The number of nitrogens with zero attached hydrogens (tertiary/aromatic N) is 2. The van der Waals surface area contributed by atoms with Crippen LogP contribution < -0.4 is 4.74 Å². The zero-order valence-corrected chi connectivity index (χ0v) is 10.3. The van der Waals surface area contributed by atoms with Gasteiger partial charge in [-0.2, -0.15) is 5.10 Å². The predicted molar refractivity (Wildman–Crippen MR) is 63.7 cm³/mol. The molecule has 0 aliphatic heterocycles. The second kappa shape index (κ2) is 4.67. The highest BCUT2D eigenvalue weighted by Crippen LogP contribution is 2.19. The number of benzene rings is 1. The molecule has 84 valence electrons. The van der Waals surface area contributed by atoms with Crippen LogP contribution in [-0.4, -0.2) is 22.0 Å². The normalized spacial score (nSPS) is 10.4. The van der Waals surface area contributed by atoms with E-state index in [2.05, 4.69) is 21.0 Å². The van der Waals surface area contributed by atoms with Gasteiger partial charge in [-0.05, 0) is 40.2 Å². The average Bonchev–Trinajstić information content (AvgIpc) is 2.71. The van der Waals surface area contributed by atoms with Crippen molar-refractivity contribution in [3.63, 3.8) is 0 Å². The number of methoxy groups -OCH3 is 1. The largest absolute Gasteiger partial charge is 0.497 e. The molecule has 0 saturated carbocycles. The van der Waals surface area contributed by atoms with Crippen molar-refractivity contribution in [3.8, 4) is 11.4 Å². The molecule has 16 heavy (non-hydrogen) atoms. The third-order valence-corrected chi connectivity index (χ3v) is 2.91. The van der Waals surface area contributed by atoms with Crippen LogP contribution in [0.3, 0.4) is 0 Å².